The van der Waals surface area contributed by atoms with Gasteiger partial charge < -0.3 is 0 Å². The van der Waals surface area contributed by atoms with Gasteiger partial charge in [0.05, 0.1) is 0 Å². The molecule has 0 bridgehead atoms. The number of hydrogen-bond acceptors (Lipinski definition) is 0. The number of rotatable bonds is 0. The van der Waals surface area contributed by atoms with E-state index in [0.717, 1.165) is 0 Å². The molecular weight excluding hydrogens is 175 g/mol. The van der Waals surface area contributed by atoms with Crippen LogP contribution in [-0.2, 0) is 0 Å². The van der Waals surface area contributed by atoms with Crippen LogP contribution in [0.15, 0.2) is 0 Å². The second kappa shape index (κ2) is 2.84. The van der Waals surface area contributed by atoms with E-state index in [0.29, 0.717) is 0 Å². The van der Waals surface area contributed by atoms with Crippen molar-refractivity contribution < 1.29 is 0 Å². The monoisotopic (exact) mass is 184 g/mol. The predicted molar refractivity (Wildman–Crippen MR) is 30.5 cm³/mol. The normalized spacial score (nSPS) is 20.0. The van der Waals surface area contributed by atoms with Gasteiger partial charge in [-0.25, -0.2) is 0 Å². The molecule has 1 rings (SSSR count). The summed E-state index contributed by atoms with van der Waals surface area (Å²) in [6.45, 7) is 0. The molecule has 0 aromatic carbocycles. The fourth-order valence-electron chi connectivity index (χ4n) is 0.760. The molecule has 0 amide bonds. The zero-order chi connectivity index (χ0) is 4.24. The molecule has 0 N–H and O–H groups in total. The molecule has 1 aliphatic heterocycles. The molecule has 6 heavy (non-hydrogen) atoms. The van der Waals surface area contributed by atoms with E-state index >= 15 is 0 Å². The molecule has 0 atom stereocenters. The van der Waals surface area contributed by atoms with Crippen molar-refractivity contribution >= 4 is 26.2 Å². The van der Waals surface area contributed by atoms with Gasteiger partial charge in [-0.2, -0.15) is 0 Å². The van der Waals surface area contributed by atoms with Gasteiger partial charge in [-0.1, -0.05) is 0 Å². The van der Waals surface area contributed by atoms with E-state index in [1.54, 1.807) is 10.6 Å². The zero-order valence-corrected chi connectivity index (χ0v) is 7.28. The first-order valence-corrected chi connectivity index (χ1v) is 6.88. The molecule has 1 aliphatic rings. The Morgan fingerprint density at radius 2 is 2.33 bits per heavy atom. The van der Waals surface area contributed by atoms with Gasteiger partial charge in [0.15, 0.2) is 0 Å². The molecule has 1 heteroatoms. The summed E-state index contributed by atoms with van der Waals surface area (Å²) in [5.74, 6) is 0. The van der Waals surface area contributed by atoms with Crippen molar-refractivity contribution in [3.63, 3.8) is 0 Å². The molecule has 0 nitrogen and oxygen atoms in total. The van der Waals surface area contributed by atoms with Gasteiger partial charge in [0.25, 0.3) is 0 Å². The second-order valence-electron chi connectivity index (χ2n) is 1.76. The summed E-state index contributed by atoms with van der Waals surface area (Å²) in [6.07, 6.45) is 4.50. The SMILES string of the molecule is [CH]1=[In][CH2]CCC1. The molecule has 0 saturated carbocycles. The van der Waals surface area contributed by atoms with Gasteiger partial charge in [0.1, 0.15) is 0 Å². The Morgan fingerprint density at radius 3 is 2.50 bits per heavy atom. The van der Waals surface area contributed by atoms with Crippen molar-refractivity contribution in [2.24, 2.45) is 0 Å². The Kier molecular flexibility index (Phi) is 2.31. The van der Waals surface area contributed by atoms with Crippen molar-refractivity contribution in [1.82, 2.24) is 0 Å². The Labute approximate surface area is 49.8 Å². The van der Waals surface area contributed by atoms with Gasteiger partial charge in [0, 0.05) is 0 Å². The van der Waals surface area contributed by atoms with E-state index < -0.39 is 0 Å². The molecular formula is C5H9In. The maximum atomic E-state index is 2.58. The summed E-state index contributed by atoms with van der Waals surface area (Å²) in [4.78, 5) is 0. The molecule has 0 aromatic rings. The summed E-state index contributed by atoms with van der Waals surface area (Å²) in [5, 5.41) is 0. The minimum absolute atomic E-state index is 0.0186. The minimum atomic E-state index is 0.0186. The van der Waals surface area contributed by atoms with Gasteiger partial charge >= 0.3 is 49.6 Å². The molecule has 0 radical (unpaired) electrons. The van der Waals surface area contributed by atoms with Crippen molar-refractivity contribution in [1.29, 1.82) is 0 Å². The first-order valence-electron chi connectivity index (χ1n) is 2.65. The van der Waals surface area contributed by atoms with Crippen molar-refractivity contribution in [2.45, 2.75) is 23.4 Å². The summed E-state index contributed by atoms with van der Waals surface area (Å²) in [5.41, 5.74) is 0. The van der Waals surface area contributed by atoms with Gasteiger partial charge in [0.2, 0.25) is 0 Å². The van der Waals surface area contributed by atoms with Crippen molar-refractivity contribution in [2.75, 3.05) is 0 Å². The van der Waals surface area contributed by atoms with Crippen LogP contribution in [0.1, 0.15) is 19.3 Å². The molecule has 0 unspecified atom stereocenters. The maximum absolute atomic E-state index is 2.58. The third-order valence-corrected chi connectivity index (χ3v) is 5.18. The summed E-state index contributed by atoms with van der Waals surface area (Å²) in [7, 11) is 0. The molecule has 0 aromatic heterocycles. The number of hydrogen-bond donors (Lipinski definition) is 0. The molecule has 0 spiro atoms. The van der Waals surface area contributed by atoms with Crippen LogP contribution in [-0.4, -0.2) is 26.2 Å². The van der Waals surface area contributed by atoms with Crippen LogP contribution in [0, 0.1) is 0 Å². The summed E-state index contributed by atoms with van der Waals surface area (Å²) < 4.78 is 4.22. The fraction of sp³-hybridized carbons (Fsp3) is 0.800. The first-order chi connectivity index (χ1) is 3.00. The Balaban J connectivity index is 2.26. The molecule has 0 aliphatic carbocycles. The van der Waals surface area contributed by atoms with Crippen LogP contribution < -0.4 is 0 Å². The van der Waals surface area contributed by atoms with E-state index in [9.17, 15) is 0 Å². The topological polar surface area (TPSA) is 0 Å². The summed E-state index contributed by atoms with van der Waals surface area (Å²) >= 11 is 0.0186. The van der Waals surface area contributed by atoms with Crippen molar-refractivity contribution in [3.8, 4) is 0 Å². The standard InChI is InChI=1S/C5H9.In/c1-3-5-4-2;/h1H,2-5H2;. The van der Waals surface area contributed by atoms with Crippen molar-refractivity contribution in [3.05, 3.63) is 0 Å². The van der Waals surface area contributed by atoms with E-state index in [-0.39, 0.29) is 22.4 Å². The Morgan fingerprint density at radius 1 is 1.33 bits per heavy atom. The third-order valence-electron chi connectivity index (χ3n) is 1.16. The van der Waals surface area contributed by atoms with Gasteiger partial charge in [-0.05, 0) is 0 Å². The van der Waals surface area contributed by atoms with Gasteiger partial charge in [-0.3, -0.25) is 0 Å². The van der Waals surface area contributed by atoms with Crippen LogP contribution in [0.5, 0.6) is 0 Å². The summed E-state index contributed by atoms with van der Waals surface area (Å²) in [6, 6.07) is 0. The van der Waals surface area contributed by atoms with E-state index in [4.69, 9.17) is 0 Å². The average molecular weight is 184 g/mol. The van der Waals surface area contributed by atoms with Crippen LogP contribution in [0.2, 0.25) is 4.18 Å². The van der Waals surface area contributed by atoms with E-state index in [1.165, 1.54) is 12.8 Å². The third kappa shape index (κ3) is 1.46. The fourth-order valence-corrected chi connectivity index (χ4v) is 4.27. The molecule has 1 heterocycles. The Bertz CT molecular complexity index is 49.0. The van der Waals surface area contributed by atoms with Gasteiger partial charge in [-0.15, -0.1) is 0 Å². The molecule has 0 saturated heterocycles. The quantitative estimate of drug-likeness (QED) is 0.528. The second-order valence-corrected chi connectivity index (χ2v) is 6.09. The first kappa shape index (κ1) is 4.89. The zero-order valence-electron chi connectivity index (χ0n) is 3.98. The van der Waals surface area contributed by atoms with Crippen LogP contribution >= 0.6 is 0 Å². The average Bonchev–Trinajstić information content (AvgIpc) is 1.72. The Hall–Kier alpha value is 0.740. The predicted octanol–water partition coefficient (Wildman–Crippen LogP) is 1.09. The van der Waals surface area contributed by atoms with E-state index in [1.807, 2.05) is 0 Å². The molecule has 0 fully saturated rings. The van der Waals surface area contributed by atoms with Crippen LogP contribution in [0.4, 0.5) is 0 Å². The van der Waals surface area contributed by atoms with Crippen LogP contribution in [0.25, 0.3) is 0 Å². The van der Waals surface area contributed by atoms with Crippen LogP contribution in [0.3, 0.4) is 0 Å². The van der Waals surface area contributed by atoms with E-state index in [2.05, 4.69) is 3.76 Å². The molecule has 32 valence electrons.